The van der Waals surface area contributed by atoms with E-state index >= 15 is 0 Å². The maximum Gasteiger partial charge on any atom is 0.220 e. The highest BCUT2D eigenvalue weighted by molar-refractivity contribution is 7.90. The van der Waals surface area contributed by atoms with Crippen LogP contribution < -0.4 is 5.32 Å². The van der Waals surface area contributed by atoms with Crippen molar-refractivity contribution in [3.63, 3.8) is 0 Å². The molecular formula is C27H43NO5S. The lowest BCUT2D eigenvalue weighted by Crippen LogP contribution is -2.57. The Labute approximate surface area is 205 Å². The summed E-state index contributed by atoms with van der Waals surface area (Å²) in [4.78, 5) is 37.9. The topological polar surface area (TPSA) is 97.4 Å². The molecule has 0 aromatic rings. The molecule has 4 rings (SSSR count). The molecule has 0 bridgehead atoms. The minimum atomic E-state index is -3.07. The summed E-state index contributed by atoms with van der Waals surface area (Å²) in [6.45, 7) is 7.20. The average Bonchev–Trinajstić information content (AvgIpc) is 3.09. The van der Waals surface area contributed by atoms with Crippen LogP contribution in [0, 0.1) is 46.3 Å². The number of amides is 1. The first-order chi connectivity index (χ1) is 15.8. The molecule has 4 unspecified atom stereocenters. The molecule has 4 saturated carbocycles. The summed E-state index contributed by atoms with van der Waals surface area (Å²) in [6, 6.07) is 0. The van der Waals surface area contributed by atoms with E-state index in [1.54, 1.807) is 0 Å². The number of carbonyl (C=O) groups excluding carboxylic acids is 3. The summed E-state index contributed by atoms with van der Waals surface area (Å²) in [5.74, 6) is 2.77. The molecule has 6 nitrogen and oxygen atoms in total. The van der Waals surface area contributed by atoms with Crippen LogP contribution in [-0.2, 0) is 24.2 Å². The third kappa shape index (κ3) is 4.75. The van der Waals surface area contributed by atoms with E-state index in [0.29, 0.717) is 60.9 Å². The summed E-state index contributed by atoms with van der Waals surface area (Å²) in [7, 11) is -3.07. The summed E-state index contributed by atoms with van der Waals surface area (Å²) < 4.78 is 22.5. The fourth-order valence-electron chi connectivity index (χ4n) is 8.72. The molecule has 4 aliphatic carbocycles. The molecule has 4 fully saturated rings. The van der Waals surface area contributed by atoms with Gasteiger partial charge in [0.25, 0.3) is 0 Å². The molecule has 0 aromatic heterocycles. The van der Waals surface area contributed by atoms with Crippen LogP contribution in [0.1, 0.15) is 85.0 Å². The molecule has 0 aromatic carbocycles. The average molecular weight is 494 g/mol. The molecule has 7 heteroatoms. The number of sulfone groups is 1. The highest BCUT2D eigenvalue weighted by Crippen LogP contribution is 2.67. The first kappa shape index (κ1) is 25.8. The van der Waals surface area contributed by atoms with Gasteiger partial charge in [0.05, 0.1) is 5.75 Å². The largest absolute Gasteiger partial charge is 0.355 e. The Morgan fingerprint density at radius 3 is 2.47 bits per heavy atom. The fraction of sp³-hybridized carbons (Fsp3) is 0.889. The van der Waals surface area contributed by atoms with Crippen LogP contribution in [0.3, 0.4) is 0 Å². The summed E-state index contributed by atoms with van der Waals surface area (Å²) >= 11 is 0. The SMILES string of the molecule is C[C@H](CCC(=O)NCCS(C)(=O)=O)[C@H]1CCC2C3C(=O)CC4CC(=O)CC[C@]4(C)C3CC[C@@]21C. The van der Waals surface area contributed by atoms with Gasteiger partial charge in [-0.05, 0) is 78.9 Å². The molecule has 0 aliphatic heterocycles. The molecule has 0 spiro atoms. The van der Waals surface area contributed by atoms with Gasteiger partial charge in [0.15, 0.2) is 0 Å². The van der Waals surface area contributed by atoms with Gasteiger partial charge in [0, 0.05) is 44.4 Å². The lowest BCUT2D eigenvalue weighted by molar-refractivity contribution is -0.159. The number of hydrogen-bond acceptors (Lipinski definition) is 5. The number of carbonyl (C=O) groups is 3. The number of nitrogens with one attached hydrogen (secondary N) is 1. The van der Waals surface area contributed by atoms with Crippen molar-refractivity contribution in [3.05, 3.63) is 0 Å². The van der Waals surface area contributed by atoms with Crippen LogP contribution in [-0.4, -0.2) is 44.4 Å². The quantitative estimate of drug-likeness (QED) is 0.579. The van der Waals surface area contributed by atoms with Gasteiger partial charge in [-0.25, -0.2) is 8.42 Å². The zero-order valence-corrected chi connectivity index (χ0v) is 22.2. The normalized spacial score (nSPS) is 40.8. The van der Waals surface area contributed by atoms with Crippen molar-refractivity contribution >= 4 is 27.3 Å². The van der Waals surface area contributed by atoms with E-state index in [1.165, 1.54) is 6.26 Å². The number of rotatable bonds is 7. The number of Topliss-reactive ketones (excluding diaryl/α,β-unsaturated/α-hetero) is 2. The summed E-state index contributed by atoms with van der Waals surface area (Å²) in [5.41, 5.74) is 0.262. The van der Waals surface area contributed by atoms with Gasteiger partial charge >= 0.3 is 0 Å². The van der Waals surface area contributed by atoms with Crippen LogP contribution in [0.15, 0.2) is 0 Å². The Bertz CT molecular complexity index is 945. The molecule has 0 radical (unpaired) electrons. The summed E-state index contributed by atoms with van der Waals surface area (Å²) in [6.07, 6.45) is 9.63. The van der Waals surface area contributed by atoms with E-state index in [9.17, 15) is 22.8 Å². The van der Waals surface area contributed by atoms with Crippen molar-refractivity contribution in [2.45, 2.75) is 85.0 Å². The van der Waals surface area contributed by atoms with Gasteiger partial charge < -0.3 is 5.32 Å². The van der Waals surface area contributed by atoms with Crippen molar-refractivity contribution in [1.82, 2.24) is 5.32 Å². The molecule has 0 heterocycles. The number of fused-ring (bicyclic) bond motifs is 5. The zero-order chi connectivity index (χ0) is 24.9. The van der Waals surface area contributed by atoms with Gasteiger partial charge in [0.1, 0.15) is 21.4 Å². The predicted molar refractivity (Wildman–Crippen MR) is 132 cm³/mol. The molecule has 1 N–H and O–H groups in total. The molecule has 1 amide bonds. The predicted octanol–water partition coefficient (Wildman–Crippen LogP) is 3.97. The Balaban J connectivity index is 1.40. The number of hydrogen-bond donors (Lipinski definition) is 1. The minimum absolute atomic E-state index is 0.0266. The lowest BCUT2D eigenvalue weighted by Gasteiger charge is -2.59. The lowest BCUT2D eigenvalue weighted by atomic mass is 9.44. The Kier molecular flexibility index (Phi) is 7.09. The molecule has 4 aliphatic rings. The van der Waals surface area contributed by atoms with Crippen molar-refractivity contribution in [2.75, 3.05) is 18.6 Å². The van der Waals surface area contributed by atoms with E-state index in [1.807, 2.05) is 0 Å². The Morgan fingerprint density at radius 1 is 1.06 bits per heavy atom. The molecule has 0 saturated heterocycles. The van der Waals surface area contributed by atoms with Crippen LogP contribution in [0.5, 0.6) is 0 Å². The second-order valence-corrected chi connectivity index (χ2v) is 14.8. The molecule has 8 atom stereocenters. The van der Waals surface area contributed by atoms with Crippen molar-refractivity contribution < 1.29 is 22.8 Å². The van der Waals surface area contributed by atoms with E-state index in [-0.39, 0.29) is 40.9 Å². The zero-order valence-electron chi connectivity index (χ0n) is 21.4. The highest BCUT2D eigenvalue weighted by atomic mass is 32.2. The monoisotopic (exact) mass is 493 g/mol. The summed E-state index contributed by atoms with van der Waals surface area (Å²) in [5, 5.41) is 2.74. The van der Waals surface area contributed by atoms with Gasteiger partial charge in [-0.3, -0.25) is 14.4 Å². The van der Waals surface area contributed by atoms with Crippen LogP contribution in [0.25, 0.3) is 0 Å². The van der Waals surface area contributed by atoms with Crippen LogP contribution >= 0.6 is 0 Å². The van der Waals surface area contributed by atoms with Gasteiger partial charge in [-0.1, -0.05) is 20.8 Å². The third-order valence-electron chi connectivity index (χ3n) is 10.7. The standard InChI is InChI=1S/C27H43NO5S/c1-17(5-8-24(31)28-13-14-34(4,32)33)20-6-7-21-25-22(10-12-27(20,21)3)26(2)11-9-19(29)15-18(26)16-23(25)30/h17-18,20-22,25H,5-16H2,1-4H3,(H,28,31)/t17-,18?,20-,21?,22?,25?,26+,27-/m1/s1. The second kappa shape index (κ2) is 9.33. The van der Waals surface area contributed by atoms with Gasteiger partial charge in [-0.2, -0.15) is 0 Å². The molecular weight excluding hydrogens is 450 g/mol. The second-order valence-electron chi connectivity index (χ2n) is 12.6. The van der Waals surface area contributed by atoms with E-state index in [0.717, 1.165) is 38.5 Å². The number of ketones is 2. The highest BCUT2D eigenvalue weighted by Gasteiger charge is 2.63. The van der Waals surface area contributed by atoms with E-state index in [2.05, 4.69) is 26.1 Å². The van der Waals surface area contributed by atoms with Crippen molar-refractivity contribution in [2.24, 2.45) is 46.3 Å². The third-order valence-corrected chi connectivity index (χ3v) is 11.6. The van der Waals surface area contributed by atoms with Gasteiger partial charge in [0.2, 0.25) is 5.91 Å². The molecule has 192 valence electrons. The van der Waals surface area contributed by atoms with Crippen molar-refractivity contribution in [3.8, 4) is 0 Å². The smallest absolute Gasteiger partial charge is 0.220 e. The maximum atomic E-state index is 13.5. The maximum absolute atomic E-state index is 13.5. The first-order valence-corrected chi connectivity index (χ1v) is 15.4. The van der Waals surface area contributed by atoms with E-state index in [4.69, 9.17) is 0 Å². The van der Waals surface area contributed by atoms with Crippen LogP contribution in [0.2, 0.25) is 0 Å². The first-order valence-electron chi connectivity index (χ1n) is 13.3. The van der Waals surface area contributed by atoms with Crippen LogP contribution in [0.4, 0.5) is 0 Å². The minimum Gasteiger partial charge on any atom is -0.355 e. The van der Waals surface area contributed by atoms with Gasteiger partial charge in [-0.15, -0.1) is 0 Å². The van der Waals surface area contributed by atoms with E-state index < -0.39 is 9.84 Å². The Hall–Kier alpha value is -1.24. The fourth-order valence-corrected chi connectivity index (χ4v) is 9.20. The van der Waals surface area contributed by atoms with Crippen molar-refractivity contribution in [1.29, 1.82) is 0 Å². The Morgan fingerprint density at radius 2 is 1.76 bits per heavy atom. The molecule has 34 heavy (non-hydrogen) atoms.